The van der Waals surface area contributed by atoms with Crippen molar-refractivity contribution < 1.29 is 23.3 Å². The summed E-state index contributed by atoms with van der Waals surface area (Å²) in [6.45, 7) is 11.0. The predicted octanol–water partition coefficient (Wildman–Crippen LogP) is 5.54. The molecule has 3 amide bonds. The monoisotopic (exact) mass is 507 g/mol. The van der Waals surface area contributed by atoms with Crippen molar-refractivity contribution in [3.05, 3.63) is 83.2 Å². The fourth-order valence-electron chi connectivity index (χ4n) is 4.08. The van der Waals surface area contributed by atoms with E-state index in [1.54, 1.807) is 26.0 Å². The first-order valence-corrected chi connectivity index (χ1v) is 11.7. The number of nitrogens with zero attached hydrogens (tertiary/aromatic N) is 4. The van der Waals surface area contributed by atoms with Crippen LogP contribution in [-0.2, 0) is 11.8 Å². The van der Waals surface area contributed by atoms with Gasteiger partial charge in [-0.25, -0.2) is 23.5 Å². The van der Waals surface area contributed by atoms with Gasteiger partial charge in [0, 0.05) is 35.3 Å². The number of anilines is 1. The molecule has 0 spiro atoms. The van der Waals surface area contributed by atoms with E-state index >= 15 is 0 Å². The van der Waals surface area contributed by atoms with Crippen molar-refractivity contribution in [3.8, 4) is 16.9 Å². The number of ether oxygens (including phenoxy) is 1. The van der Waals surface area contributed by atoms with E-state index in [4.69, 9.17) is 22.9 Å². The largest absolute Gasteiger partial charge is 0.493 e. The summed E-state index contributed by atoms with van der Waals surface area (Å²) >= 11 is 6.11. The van der Waals surface area contributed by atoms with Crippen molar-refractivity contribution in [1.82, 2.24) is 4.90 Å². The van der Waals surface area contributed by atoms with Gasteiger partial charge in [0.15, 0.2) is 12.4 Å². The van der Waals surface area contributed by atoms with E-state index in [9.17, 15) is 14.0 Å². The van der Waals surface area contributed by atoms with Crippen molar-refractivity contribution in [3.63, 3.8) is 0 Å². The quantitative estimate of drug-likeness (QED) is 0.183. The minimum absolute atomic E-state index is 0.173. The molecule has 0 radical (unpaired) electrons. The number of urea groups is 1. The second-order valence-electron chi connectivity index (χ2n) is 8.98. The molecule has 4 rings (SSSR count). The first-order valence-electron chi connectivity index (χ1n) is 11.3. The molecule has 1 saturated heterocycles. The Morgan fingerprint density at radius 1 is 1.11 bits per heavy atom. The molecule has 2 aromatic carbocycles. The minimum Gasteiger partial charge on any atom is -0.493 e. The van der Waals surface area contributed by atoms with Gasteiger partial charge >= 0.3 is 6.03 Å². The first kappa shape index (κ1) is 25.1. The third kappa shape index (κ3) is 4.75. The normalized spacial score (nSPS) is 14.8. The van der Waals surface area contributed by atoms with Crippen LogP contribution in [0, 0.1) is 12.4 Å². The van der Waals surface area contributed by atoms with Gasteiger partial charge in [0.2, 0.25) is 5.69 Å². The molecule has 1 aliphatic heterocycles. The fourth-order valence-corrected chi connectivity index (χ4v) is 4.29. The Balaban J connectivity index is 1.39. The number of hydrogen-bond acceptors (Lipinski definition) is 3. The summed E-state index contributed by atoms with van der Waals surface area (Å²) in [5.74, 6) is -0.384. The number of carbonyl (C=O) groups is 2. The average molecular weight is 508 g/mol. The highest BCUT2D eigenvalue weighted by atomic mass is 35.5. The summed E-state index contributed by atoms with van der Waals surface area (Å²) in [6, 6.07) is 12.4. The maximum atomic E-state index is 14.7. The number of amides is 3. The number of pyridine rings is 1. The van der Waals surface area contributed by atoms with E-state index in [0.717, 1.165) is 10.5 Å². The van der Waals surface area contributed by atoms with Crippen LogP contribution >= 0.6 is 11.6 Å². The number of aromatic nitrogens is 1. The van der Waals surface area contributed by atoms with Gasteiger partial charge in [-0.05, 0) is 50.1 Å². The highest BCUT2D eigenvalue weighted by Gasteiger charge is 2.51. The van der Waals surface area contributed by atoms with E-state index in [-0.39, 0.29) is 35.6 Å². The molecule has 1 aromatic heterocycles. The Kier molecular flexibility index (Phi) is 6.95. The van der Waals surface area contributed by atoms with Gasteiger partial charge in [-0.3, -0.25) is 4.79 Å². The van der Waals surface area contributed by atoms with Crippen LogP contribution in [0.2, 0.25) is 5.02 Å². The Hall–Kier alpha value is -3.96. The second kappa shape index (κ2) is 9.96. The summed E-state index contributed by atoms with van der Waals surface area (Å²) in [7, 11) is 1.89. The van der Waals surface area contributed by atoms with Crippen LogP contribution in [0.3, 0.4) is 0 Å². The number of rotatable bonds is 7. The van der Waals surface area contributed by atoms with Crippen LogP contribution in [0.5, 0.6) is 5.75 Å². The molecular formula is C27H25ClFN4O3+. The third-order valence-electron chi connectivity index (χ3n) is 6.16. The lowest BCUT2D eigenvalue weighted by atomic mass is 10.0. The van der Waals surface area contributed by atoms with Crippen LogP contribution < -0.4 is 14.2 Å². The maximum absolute atomic E-state index is 14.7. The van der Waals surface area contributed by atoms with E-state index in [1.807, 2.05) is 36.1 Å². The lowest BCUT2D eigenvalue weighted by Crippen LogP contribution is -2.44. The van der Waals surface area contributed by atoms with Gasteiger partial charge in [-0.2, -0.15) is 0 Å². The van der Waals surface area contributed by atoms with Crippen LogP contribution in [-0.4, -0.2) is 35.5 Å². The molecule has 0 saturated carbocycles. The summed E-state index contributed by atoms with van der Waals surface area (Å²) in [5.41, 5.74) is 0.746. The second-order valence-corrected chi connectivity index (χ2v) is 9.38. The van der Waals surface area contributed by atoms with E-state index in [2.05, 4.69) is 4.85 Å². The maximum Gasteiger partial charge on any atom is 0.332 e. The third-order valence-corrected chi connectivity index (χ3v) is 6.46. The van der Waals surface area contributed by atoms with Crippen molar-refractivity contribution in [2.75, 3.05) is 18.1 Å². The molecule has 3 aromatic rings. The predicted molar refractivity (Wildman–Crippen MR) is 135 cm³/mol. The highest BCUT2D eigenvalue weighted by Crippen LogP contribution is 2.36. The van der Waals surface area contributed by atoms with Crippen molar-refractivity contribution >= 4 is 34.9 Å². The molecule has 7 nitrogen and oxygen atoms in total. The lowest BCUT2D eigenvalue weighted by molar-refractivity contribution is -0.671. The van der Waals surface area contributed by atoms with Gasteiger partial charge in [-0.15, -0.1) is 0 Å². The van der Waals surface area contributed by atoms with Gasteiger partial charge in [0.25, 0.3) is 5.91 Å². The standard InChI is InChI=1S/C27H25ClFN4O3/c1-27(2)25(34)33(19-6-9-24(30-3)22(28)16-19)26(35)32(27)12-5-15-36-20-7-8-21(23(29)17-20)18-10-13-31(4)14-11-18/h6-11,13-14,16-17H,5,12,15H2,1-2,4H3/q+1. The van der Waals surface area contributed by atoms with Crippen LogP contribution in [0.15, 0.2) is 60.9 Å². The molecule has 9 heteroatoms. The van der Waals surface area contributed by atoms with Crippen molar-refractivity contribution in [2.45, 2.75) is 25.8 Å². The number of hydrogen-bond donors (Lipinski definition) is 0. The minimum atomic E-state index is -1.07. The van der Waals surface area contributed by atoms with E-state index in [0.29, 0.717) is 23.4 Å². The number of imide groups is 1. The highest BCUT2D eigenvalue weighted by molar-refractivity contribution is 6.34. The SMILES string of the molecule is [C-]#[N+]c1ccc(N2C(=O)N(CCCOc3ccc(-c4cc[n+](C)cc4)c(F)c3)C(C)(C)C2=O)cc1Cl. The first-order chi connectivity index (χ1) is 17.1. The van der Waals surface area contributed by atoms with Crippen molar-refractivity contribution in [2.24, 2.45) is 7.05 Å². The summed E-state index contributed by atoms with van der Waals surface area (Å²) in [6.07, 6.45) is 4.14. The molecule has 1 fully saturated rings. The van der Waals surface area contributed by atoms with Crippen molar-refractivity contribution in [1.29, 1.82) is 0 Å². The number of benzene rings is 2. The smallest absolute Gasteiger partial charge is 0.332 e. The molecule has 2 heterocycles. The molecule has 36 heavy (non-hydrogen) atoms. The summed E-state index contributed by atoms with van der Waals surface area (Å²) in [5, 5.41) is 0.173. The molecule has 0 N–H and O–H groups in total. The Bertz CT molecular complexity index is 1370. The molecule has 0 unspecified atom stereocenters. The molecule has 184 valence electrons. The zero-order chi connectivity index (χ0) is 26.0. The summed E-state index contributed by atoms with van der Waals surface area (Å²) in [4.78, 5) is 32.1. The van der Waals surface area contributed by atoms with Gasteiger partial charge < -0.3 is 9.64 Å². The van der Waals surface area contributed by atoms with E-state index in [1.165, 1.54) is 29.2 Å². The topological polar surface area (TPSA) is 58.1 Å². The zero-order valence-corrected chi connectivity index (χ0v) is 20.9. The molecule has 0 aliphatic carbocycles. The number of carbonyl (C=O) groups excluding carboxylic acids is 2. The fraction of sp³-hybridized carbons (Fsp3) is 0.259. The lowest BCUT2D eigenvalue weighted by Gasteiger charge is -2.27. The zero-order valence-electron chi connectivity index (χ0n) is 20.2. The Morgan fingerprint density at radius 2 is 1.83 bits per heavy atom. The van der Waals surface area contributed by atoms with Gasteiger partial charge in [-0.1, -0.05) is 17.7 Å². The van der Waals surface area contributed by atoms with Crippen LogP contribution in [0.1, 0.15) is 20.3 Å². The van der Waals surface area contributed by atoms with Crippen LogP contribution in [0.4, 0.5) is 20.6 Å². The Labute approximate surface area is 214 Å². The Morgan fingerprint density at radius 3 is 2.47 bits per heavy atom. The molecular weight excluding hydrogens is 483 g/mol. The summed E-state index contributed by atoms with van der Waals surface area (Å²) < 4.78 is 22.2. The number of aryl methyl sites for hydroxylation is 1. The van der Waals surface area contributed by atoms with Gasteiger partial charge in [0.05, 0.1) is 18.9 Å². The van der Waals surface area contributed by atoms with E-state index < -0.39 is 11.6 Å². The molecule has 1 aliphatic rings. The number of halogens is 2. The average Bonchev–Trinajstić information content (AvgIpc) is 3.01. The van der Waals surface area contributed by atoms with Gasteiger partial charge in [0.1, 0.15) is 24.2 Å². The molecule has 0 bridgehead atoms. The molecule has 0 atom stereocenters. The van der Waals surface area contributed by atoms with Crippen LogP contribution in [0.25, 0.3) is 16.0 Å².